The number of ether oxygens (including phenoxy) is 3. The molecule has 2 N–H and O–H groups in total. The third-order valence-electron chi connectivity index (χ3n) is 5.23. The van der Waals surface area contributed by atoms with Gasteiger partial charge < -0.3 is 24.6 Å². The lowest BCUT2D eigenvalue weighted by atomic mass is 9.99. The highest BCUT2D eigenvalue weighted by Gasteiger charge is 2.22. The molecule has 1 aromatic heterocycles. The summed E-state index contributed by atoms with van der Waals surface area (Å²) in [6, 6.07) is 14.3. The lowest BCUT2D eigenvalue weighted by Crippen LogP contribution is -2.30. The van der Waals surface area contributed by atoms with Crippen LogP contribution >= 0.6 is 11.3 Å². The van der Waals surface area contributed by atoms with Crippen molar-refractivity contribution >= 4 is 29.2 Å². The minimum atomic E-state index is -0.948. The van der Waals surface area contributed by atoms with Gasteiger partial charge in [0.2, 0.25) is 0 Å². The molecule has 0 radical (unpaired) electrons. The van der Waals surface area contributed by atoms with Crippen LogP contribution in [0.3, 0.4) is 0 Å². The van der Waals surface area contributed by atoms with Crippen molar-refractivity contribution in [3.63, 3.8) is 0 Å². The molecule has 1 heterocycles. The average Bonchev–Trinajstić information content (AvgIpc) is 3.38. The minimum absolute atomic E-state index is 0.114. The van der Waals surface area contributed by atoms with E-state index in [2.05, 4.69) is 10.1 Å². The van der Waals surface area contributed by atoms with Crippen molar-refractivity contribution in [3.8, 4) is 11.5 Å². The molecule has 0 aliphatic carbocycles. The maximum absolute atomic E-state index is 12.9. The Morgan fingerprint density at radius 3 is 2.60 bits per heavy atom. The fourth-order valence-electron chi connectivity index (χ4n) is 3.37. The highest BCUT2D eigenvalue weighted by molar-refractivity contribution is 7.07. The number of hydrogen-bond acceptors (Lipinski definition) is 7. The summed E-state index contributed by atoms with van der Waals surface area (Å²) in [5.74, 6) is -1.37. The second-order valence-corrected chi connectivity index (χ2v) is 8.51. The predicted octanol–water partition coefficient (Wildman–Crippen LogP) is 4.52. The number of carboxylic acids is 1. The van der Waals surface area contributed by atoms with Gasteiger partial charge in [0.05, 0.1) is 12.7 Å². The van der Waals surface area contributed by atoms with Crippen LogP contribution in [-0.4, -0.2) is 36.6 Å². The first-order valence-electron chi connectivity index (χ1n) is 10.9. The molecule has 184 valence electrons. The van der Waals surface area contributed by atoms with Crippen molar-refractivity contribution in [1.29, 1.82) is 0 Å². The molecule has 0 aliphatic rings. The van der Waals surface area contributed by atoms with Gasteiger partial charge >= 0.3 is 11.9 Å². The van der Waals surface area contributed by atoms with E-state index < -0.39 is 23.9 Å². The van der Waals surface area contributed by atoms with Gasteiger partial charge in [-0.2, -0.15) is 11.3 Å². The molecule has 35 heavy (non-hydrogen) atoms. The second-order valence-electron chi connectivity index (χ2n) is 7.73. The van der Waals surface area contributed by atoms with E-state index in [1.807, 2.05) is 48.0 Å². The number of rotatable bonds is 12. The van der Waals surface area contributed by atoms with Crippen LogP contribution in [0.15, 0.2) is 59.3 Å². The Kier molecular flexibility index (Phi) is 9.25. The predicted molar refractivity (Wildman–Crippen MR) is 131 cm³/mol. The third kappa shape index (κ3) is 7.58. The number of carboxylic acid groups (broad SMARTS) is 1. The van der Waals surface area contributed by atoms with E-state index in [1.54, 1.807) is 29.5 Å². The van der Waals surface area contributed by atoms with Crippen molar-refractivity contribution in [2.24, 2.45) is 0 Å². The average molecular weight is 498 g/mol. The number of thiophene rings is 1. The monoisotopic (exact) mass is 497 g/mol. The number of nitrogens with one attached hydrogen (secondary N) is 1. The molecule has 0 bridgehead atoms. The van der Waals surface area contributed by atoms with Gasteiger partial charge in [-0.15, -0.1) is 0 Å². The maximum Gasteiger partial charge on any atom is 0.325 e. The first-order chi connectivity index (χ1) is 16.9. The Hall–Kier alpha value is -3.85. The number of carbonyl (C=O) groups excluding carboxylic acids is 2. The number of aryl methyl sites for hydroxylation is 1. The Morgan fingerprint density at radius 2 is 1.91 bits per heavy atom. The molecule has 0 spiro atoms. The van der Waals surface area contributed by atoms with Gasteiger partial charge in [0.25, 0.3) is 5.91 Å². The van der Waals surface area contributed by atoms with Crippen LogP contribution in [0.1, 0.15) is 46.0 Å². The van der Waals surface area contributed by atoms with Gasteiger partial charge in [0.15, 0.2) is 0 Å². The van der Waals surface area contributed by atoms with Crippen LogP contribution in [0.5, 0.6) is 11.5 Å². The van der Waals surface area contributed by atoms with Crippen LogP contribution in [-0.2, 0) is 20.9 Å². The topological polar surface area (TPSA) is 111 Å². The molecular formula is C26H27NO7S. The summed E-state index contributed by atoms with van der Waals surface area (Å²) >= 11 is 1.57. The number of amides is 1. The van der Waals surface area contributed by atoms with Gasteiger partial charge in [0.1, 0.15) is 30.8 Å². The number of aliphatic carboxylic acids is 1. The highest BCUT2D eigenvalue weighted by atomic mass is 32.1. The molecule has 9 heteroatoms. The lowest BCUT2D eigenvalue weighted by molar-refractivity contribution is -0.139. The van der Waals surface area contributed by atoms with E-state index in [4.69, 9.17) is 9.47 Å². The molecule has 3 rings (SSSR count). The summed E-state index contributed by atoms with van der Waals surface area (Å²) in [5, 5.41) is 15.7. The van der Waals surface area contributed by atoms with Crippen LogP contribution in [0.2, 0.25) is 0 Å². The third-order valence-corrected chi connectivity index (χ3v) is 5.96. The molecule has 0 saturated carbocycles. The number of benzene rings is 2. The summed E-state index contributed by atoms with van der Waals surface area (Å²) in [7, 11) is 1.23. The molecular weight excluding hydrogens is 470 g/mol. The molecule has 3 aromatic rings. The summed E-state index contributed by atoms with van der Waals surface area (Å²) in [4.78, 5) is 35.6. The maximum atomic E-state index is 12.9. The van der Waals surface area contributed by atoms with E-state index in [9.17, 15) is 19.5 Å². The fraction of sp³-hybridized carbons (Fsp3) is 0.269. The summed E-state index contributed by atoms with van der Waals surface area (Å²) in [6.45, 7) is 1.96. The van der Waals surface area contributed by atoms with E-state index in [0.717, 1.165) is 16.7 Å². The quantitative estimate of drug-likeness (QED) is 0.354. The standard InChI is InChI=1S/C26H27NO7S/c1-17-5-3-4-6-20(17)22(9-10-24(28)29)34-23-13-19(33-15-18-11-12-35-16-18)7-8-21(23)26(31)27-14-25(30)32-2/h3-8,11-13,16,22H,9-10,14-15H2,1-2H3,(H,27,31)(H,28,29). The van der Waals surface area contributed by atoms with Crippen LogP contribution < -0.4 is 14.8 Å². The molecule has 1 unspecified atom stereocenters. The van der Waals surface area contributed by atoms with Crippen LogP contribution in [0.25, 0.3) is 0 Å². The number of hydrogen-bond donors (Lipinski definition) is 2. The van der Waals surface area contributed by atoms with Crippen molar-refractivity contribution in [2.75, 3.05) is 13.7 Å². The Morgan fingerprint density at radius 1 is 1.11 bits per heavy atom. The van der Waals surface area contributed by atoms with Crippen LogP contribution in [0.4, 0.5) is 0 Å². The molecule has 0 aliphatic heterocycles. The first kappa shape index (κ1) is 25.8. The largest absolute Gasteiger partial charge is 0.489 e. The Bertz CT molecular complexity index is 1160. The fourth-order valence-corrected chi connectivity index (χ4v) is 4.03. The minimum Gasteiger partial charge on any atom is -0.489 e. The number of esters is 1. The lowest BCUT2D eigenvalue weighted by Gasteiger charge is -2.23. The van der Waals surface area contributed by atoms with Crippen molar-refractivity contribution in [3.05, 3.63) is 81.5 Å². The zero-order valence-corrected chi connectivity index (χ0v) is 20.3. The van der Waals surface area contributed by atoms with Crippen molar-refractivity contribution in [2.45, 2.75) is 32.5 Å². The summed E-state index contributed by atoms with van der Waals surface area (Å²) < 4.78 is 16.7. The number of methoxy groups -OCH3 is 1. The highest BCUT2D eigenvalue weighted by Crippen LogP contribution is 2.33. The SMILES string of the molecule is COC(=O)CNC(=O)c1ccc(OCc2ccsc2)cc1OC(CCC(=O)O)c1ccccc1C. The van der Waals surface area contributed by atoms with Crippen molar-refractivity contribution < 1.29 is 33.7 Å². The zero-order chi connectivity index (χ0) is 25.2. The second kappa shape index (κ2) is 12.6. The molecule has 8 nitrogen and oxygen atoms in total. The van der Waals surface area contributed by atoms with Gasteiger partial charge in [0, 0.05) is 12.5 Å². The number of carbonyl (C=O) groups is 3. The van der Waals surface area contributed by atoms with Crippen LogP contribution in [0, 0.1) is 6.92 Å². The van der Waals surface area contributed by atoms with E-state index >= 15 is 0 Å². The molecule has 1 amide bonds. The van der Waals surface area contributed by atoms with Gasteiger partial charge in [-0.05, 0) is 59.0 Å². The van der Waals surface area contributed by atoms with Gasteiger partial charge in [-0.1, -0.05) is 24.3 Å². The molecule has 1 atom stereocenters. The van der Waals surface area contributed by atoms with E-state index in [-0.39, 0.29) is 30.7 Å². The Labute approximate surface area is 207 Å². The molecule has 0 saturated heterocycles. The normalized spacial score (nSPS) is 11.4. The smallest absolute Gasteiger partial charge is 0.325 e. The summed E-state index contributed by atoms with van der Waals surface area (Å²) in [6.07, 6.45) is -0.535. The van der Waals surface area contributed by atoms with Crippen molar-refractivity contribution in [1.82, 2.24) is 5.32 Å². The van der Waals surface area contributed by atoms with Gasteiger partial charge in [-0.3, -0.25) is 14.4 Å². The molecule has 0 fully saturated rings. The molecule has 2 aromatic carbocycles. The van der Waals surface area contributed by atoms with E-state index in [0.29, 0.717) is 12.4 Å². The Balaban J connectivity index is 1.91. The first-order valence-corrected chi connectivity index (χ1v) is 11.9. The van der Waals surface area contributed by atoms with Gasteiger partial charge in [-0.25, -0.2) is 0 Å². The summed E-state index contributed by atoms with van der Waals surface area (Å²) in [5.41, 5.74) is 2.95. The zero-order valence-electron chi connectivity index (χ0n) is 19.5. The van der Waals surface area contributed by atoms with E-state index in [1.165, 1.54) is 7.11 Å².